The number of nitrogens with one attached hydrogen (secondary N) is 1. The molecule has 0 aliphatic carbocycles. The minimum atomic E-state index is -0.634. The van der Waals surface area contributed by atoms with Gasteiger partial charge in [0.25, 0.3) is 5.56 Å². The van der Waals surface area contributed by atoms with Gasteiger partial charge in [-0.15, -0.1) is 5.10 Å². The molecule has 1 saturated heterocycles. The van der Waals surface area contributed by atoms with Gasteiger partial charge in [0.15, 0.2) is 5.82 Å². The van der Waals surface area contributed by atoms with Crippen LogP contribution in [0.3, 0.4) is 0 Å². The Bertz CT molecular complexity index is 1610. The number of ether oxygens (including phenoxy) is 1. The molecule has 1 fully saturated rings. The van der Waals surface area contributed by atoms with E-state index in [1.807, 2.05) is 43.3 Å². The minimum absolute atomic E-state index is 0.000981. The van der Waals surface area contributed by atoms with E-state index in [-0.39, 0.29) is 17.5 Å². The molecule has 2 aromatic carbocycles. The molecule has 0 unspecified atom stereocenters. The van der Waals surface area contributed by atoms with Crippen LogP contribution in [0, 0.1) is 12.7 Å². The summed E-state index contributed by atoms with van der Waals surface area (Å²) in [6.45, 7) is 3.97. The van der Waals surface area contributed by atoms with Gasteiger partial charge in [-0.25, -0.2) is 9.07 Å². The molecule has 1 aliphatic heterocycles. The molecule has 1 aliphatic rings. The van der Waals surface area contributed by atoms with Crippen molar-refractivity contribution < 1.29 is 13.5 Å². The van der Waals surface area contributed by atoms with Gasteiger partial charge in [-0.1, -0.05) is 23.8 Å². The lowest BCUT2D eigenvalue weighted by molar-refractivity contribution is 0.0901. The van der Waals surface area contributed by atoms with E-state index < -0.39 is 6.04 Å². The number of hydrogen-bond acceptors (Lipinski definition) is 7. The Morgan fingerprint density at radius 2 is 2.03 bits per heavy atom. The van der Waals surface area contributed by atoms with Crippen molar-refractivity contribution in [1.82, 2.24) is 30.1 Å². The average Bonchev–Trinajstić information content (AvgIpc) is 3.71. The van der Waals surface area contributed by atoms with Gasteiger partial charge in [-0.3, -0.25) is 9.69 Å². The average molecular weight is 529 g/mol. The molecular formula is C29H29FN6O3. The Morgan fingerprint density at radius 3 is 2.79 bits per heavy atom. The normalized spacial score (nSPS) is 16.3. The number of furan rings is 1. The Hall–Kier alpha value is -4.15. The number of aryl methyl sites for hydroxylation is 1. The second-order valence-corrected chi connectivity index (χ2v) is 10.0. The fourth-order valence-electron chi connectivity index (χ4n) is 5.23. The highest BCUT2D eigenvalue weighted by Gasteiger charge is 2.32. The monoisotopic (exact) mass is 528 g/mol. The fourth-order valence-corrected chi connectivity index (χ4v) is 5.23. The quantitative estimate of drug-likeness (QED) is 0.300. The van der Waals surface area contributed by atoms with E-state index in [0.29, 0.717) is 43.4 Å². The molecule has 4 heterocycles. The molecule has 200 valence electrons. The van der Waals surface area contributed by atoms with Crippen LogP contribution >= 0.6 is 0 Å². The van der Waals surface area contributed by atoms with E-state index in [4.69, 9.17) is 9.15 Å². The van der Waals surface area contributed by atoms with Crippen LogP contribution in [-0.2, 0) is 24.4 Å². The summed E-state index contributed by atoms with van der Waals surface area (Å²) in [5, 5.41) is 13.7. The van der Waals surface area contributed by atoms with Crippen molar-refractivity contribution in [3.63, 3.8) is 0 Å². The molecule has 0 radical (unpaired) electrons. The smallest absolute Gasteiger partial charge is 0.253 e. The molecule has 3 aromatic heterocycles. The SMILES string of the molecule is Cc1ccc2[nH]c(=O)c([C@H](c3nnnn3C[C@@H]3CCCO3)N(Cc3ccc(F)cc3)Cc3ccco3)cc2c1. The summed E-state index contributed by atoms with van der Waals surface area (Å²) in [5.74, 6) is 0.930. The summed E-state index contributed by atoms with van der Waals surface area (Å²) in [5.41, 5.74) is 2.98. The zero-order chi connectivity index (χ0) is 26.8. The number of pyridine rings is 1. The molecule has 0 bridgehead atoms. The molecule has 39 heavy (non-hydrogen) atoms. The molecule has 0 spiro atoms. The summed E-state index contributed by atoms with van der Waals surface area (Å²) < 4.78 is 27.1. The number of rotatable bonds is 9. The summed E-state index contributed by atoms with van der Waals surface area (Å²) in [6.07, 6.45) is 3.53. The third kappa shape index (κ3) is 5.52. The summed E-state index contributed by atoms with van der Waals surface area (Å²) in [6, 6.07) is 17.3. The molecule has 0 saturated carbocycles. The van der Waals surface area contributed by atoms with Crippen molar-refractivity contribution >= 4 is 10.9 Å². The van der Waals surface area contributed by atoms with Crippen LogP contribution in [0.2, 0.25) is 0 Å². The van der Waals surface area contributed by atoms with Gasteiger partial charge in [0.05, 0.1) is 25.5 Å². The Kier molecular flexibility index (Phi) is 7.04. The topological polar surface area (TPSA) is 102 Å². The van der Waals surface area contributed by atoms with Crippen LogP contribution in [0.4, 0.5) is 4.39 Å². The van der Waals surface area contributed by atoms with Gasteiger partial charge in [0.2, 0.25) is 0 Å². The van der Waals surface area contributed by atoms with Crippen LogP contribution in [0.15, 0.2) is 76.1 Å². The third-order valence-corrected chi connectivity index (χ3v) is 7.13. The van der Waals surface area contributed by atoms with Crippen LogP contribution in [-0.4, -0.2) is 42.8 Å². The fraction of sp³-hybridized carbons (Fsp3) is 0.310. The van der Waals surface area contributed by atoms with Crippen LogP contribution in [0.5, 0.6) is 0 Å². The first kappa shape index (κ1) is 25.1. The molecule has 10 heteroatoms. The number of benzene rings is 2. The van der Waals surface area contributed by atoms with E-state index in [9.17, 15) is 9.18 Å². The van der Waals surface area contributed by atoms with Gasteiger partial charge in [-0.2, -0.15) is 0 Å². The van der Waals surface area contributed by atoms with Gasteiger partial charge < -0.3 is 14.1 Å². The molecule has 5 aromatic rings. The van der Waals surface area contributed by atoms with E-state index >= 15 is 0 Å². The Balaban J connectivity index is 1.50. The van der Waals surface area contributed by atoms with E-state index in [1.54, 1.807) is 23.1 Å². The lowest BCUT2D eigenvalue weighted by Gasteiger charge is -2.30. The highest BCUT2D eigenvalue weighted by atomic mass is 19.1. The molecule has 1 N–H and O–H groups in total. The maximum Gasteiger partial charge on any atom is 0.253 e. The van der Waals surface area contributed by atoms with Crippen LogP contribution in [0.25, 0.3) is 10.9 Å². The number of aromatic nitrogens is 5. The van der Waals surface area contributed by atoms with Crippen LogP contribution in [0.1, 0.15) is 47.2 Å². The third-order valence-electron chi connectivity index (χ3n) is 7.13. The van der Waals surface area contributed by atoms with Crippen molar-refractivity contribution in [3.8, 4) is 0 Å². The number of fused-ring (bicyclic) bond motifs is 1. The zero-order valence-corrected chi connectivity index (χ0v) is 21.6. The summed E-state index contributed by atoms with van der Waals surface area (Å²) in [7, 11) is 0. The van der Waals surface area contributed by atoms with Crippen molar-refractivity contribution in [3.05, 3.63) is 111 Å². The standard InChI is InChI=1S/C29H29FN6O3/c1-19-6-11-26-21(14-19)15-25(29(37)31-26)27(28-32-33-34-36(28)18-24-5-3-13-39-24)35(17-23-4-2-12-38-23)16-20-7-9-22(30)10-8-20/h2,4,6-12,14-15,24,27H,3,5,13,16-18H2,1H3,(H,31,37)/t24-,27+/m0/s1. The number of tetrazole rings is 1. The van der Waals surface area contributed by atoms with Crippen molar-refractivity contribution in [1.29, 1.82) is 0 Å². The Morgan fingerprint density at radius 1 is 1.15 bits per heavy atom. The van der Waals surface area contributed by atoms with Gasteiger partial charge in [-0.05, 0) is 83.6 Å². The molecular weight excluding hydrogens is 499 g/mol. The van der Waals surface area contributed by atoms with Crippen molar-refractivity contribution in [2.24, 2.45) is 0 Å². The van der Waals surface area contributed by atoms with E-state index in [0.717, 1.165) is 34.9 Å². The largest absolute Gasteiger partial charge is 0.468 e. The van der Waals surface area contributed by atoms with Gasteiger partial charge >= 0.3 is 0 Å². The summed E-state index contributed by atoms with van der Waals surface area (Å²) in [4.78, 5) is 18.8. The second kappa shape index (κ2) is 10.9. The first-order chi connectivity index (χ1) is 19.0. The van der Waals surface area contributed by atoms with Gasteiger partial charge in [0, 0.05) is 24.2 Å². The summed E-state index contributed by atoms with van der Waals surface area (Å²) >= 11 is 0. The number of nitrogens with zero attached hydrogens (tertiary/aromatic N) is 5. The van der Waals surface area contributed by atoms with Gasteiger partial charge in [0.1, 0.15) is 17.6 Å². The number of hydrogen-bond donors (Lipinski definition) is 1. The Labute approximate surface area is 224 Å². The number of halogens is 1. The lowest BCUT2D eigenvalue weighted by Crippen LogP contribution is -2.35. The molecule has 9 nitrogen and oxygen atoms in total. The first-order valence-electron chi connectivity index (χ1n) is 13.1. The lowest BCUT2D eigenvalue weighted by atomic mass is 10.0. The molecule has 0 amide bonds. The zero-order valence-electron chi connectivity index (χ0n) is 21.6. The van der Waals surface area contributed by atoms with E-state index in [1.165, 1.54) is 12.1 Å². The highest BCUT2D eigenvalue weighted by Crippen LogP contribution is 2.31. The highest BCUT2D eigenvalue weighted by molar-refractivity contribution is 5.79. The number of H-pyrrole nitrogens is 1. The predicted molar refractivity (Wildman–Crippen MR) is 142 cm³/mol. The minimum Gasteiger partial charge on any atom is -0.468 e. The maximum absolute atomic E-state index is 13.7. The predicted octanol–water partition coefficient (Wildman–Crippen LogP) is 4.53. The first-order valence-corrected chi connectivity index (χ1v) is 13.1. The molecule has 2 atom stereocenters. The van der Waals surface area contributed by atoms with Crippen molar-refractivity contribution in [2.75, 3.05) is 6.61 Å². The second-order valence-electron chi connectivity index (χ2n) is 10.0. The van der Waals surface area contributed by atoms with Crippen molar-refractivity contribution in [2.45, 2.75) is 51.5 Å². The number of aromatic amines is 1. The van der Waals surface area contributed by atoms with E-state index in [2.05, 4.69) is 25.4 Å². The maximum atomic E-state index is 13.7. The van der Waals surface area contributed by atoms with Crippen LogP contribution < -0.4 is 5.56 Å². The molecule has 6 rings (SSSR count).